The Labute approximate surface area is 132 Å². The molecule has 0 radical (unpaired) electrons. The molecule has 0 saturated heterocycles. The highest BCUT2D eigenvalue weighted by atomic mass is 16.6. The number of nitrogens with one attached hydrogen (secondary N) is 1. The second kappa shape index (κ2) is 6.31. The number of ether oxygens (including phenoxy) is 1. The van der Waals surface area contributed by atoms with E-state index in [0.29, 0.717) is 17.4 Å². The van der Waals surface area contributed by atoms with Gasteiger partial charge in [0.2, 0.25) is 0 Å². The van der Waals surface area contributed by atoms with Crippen molar-refractivity contribution < 1.29 is 14.6 Å². The average Bonchev–Trinajstić information content (AvgIpc) is 2.57. The van der Waals surface area contributed by atoms with Gasteiger partial charge < -0.3 is 15.2 Å². The van der Waals surface area contributed by atoms with Crippen LogP contribution in [-0.2, 0) is 6.54 Å². The summed E-state index contributed by atoms with van der Waals surface area (Å²) in [4.78, 5) is 11.8. The maximum Gasteiger partial charge on any atom is 0.414 e. The van der Waals surface area contributed by atoms with Crippen molar-refractivity contribution in [3.63, 3.8) is 0 Å². The highest BCUT2D eigenvalue weighted by molar-refractivity contribution is 5.87. The predicted molar refractivity (Wildman–Crippen MR) is 85.2 cm³/mol. The minimum atomic E-state index is -0.703. The Hall–Kier alpha value is -3.15. The normalized spacial score (nSPS) is 10.5. The summed E-state index contributed by atoms with van der Waals surface area (Å²) in [6.07, 6.45) is -0.703. The Balaban J connectivity index is 1.73. The fraction of sp³-hybridized carbons (Fsp3) is 0.118. The van der Waals surface area contributed by atoms with Crippen molar-refractivity contribution in [3.05, 3.63) is 59.7 Å². The van der Waals surface area contributed by atoms with Crippen LogP contribution in [0, 0.1) is 6.92 Å². The van der Waals surface area contributed by atoms with Crippen molar-refractivity contribution in [1.29, 1.82) is 0 Å². The second-order valence-electron chi connectivity index (χ2n) is 5.10. The number of rotatable bonds is 3. The third kappa shape index (κ3) is 3.37. The molecule has 3 rings (SSSR count). The van der Waals surface area contributed by atoms with Crippen molar-refractivity contribution in [2.45, 2.75) is 13.5 Å². The molecule has 1 heterocycles. The Bertz CT molecular complexity index is 850. The zero-order valence-corrected chi connectivity index (χ0v) is 12.5. The van der Waals surface area contributed by atoms with Crippen molar-refractivity contribution in [3.8, 4) is 11.6 Å². The van der Waals surface area contributed by atoms with E-state index < -0.39 is 6.09 Å². The van der Waals surface area contributed by atoms with Crippen molar-refractivity contribution in [2.24, 2.45) is 0 Å². The molecule has 1 amide bonds. The van der Waals surface area contributed by atoms with E-state index in [1.165, 1.54) is 0 Å². The number of amides is 1. The number of aryl methyl sites for hydroxylation is 1. The van der Waals surface area contributed by atoms with Crippen molar-refractivity contribution >= 4 is 17.0 Å². The van der Waals surface area contributed by atoms with E-state index in [4.69, 9.17) is 4.74 Å². The van der Waals surface area contributed by atoms with E-state index in [2.05, 4.69) is 15.5 Å². The minimum Gasteiger partial charge on any atom is -0.503 e. The first-order chi connectivity index (χ1) is 11.1. The Morgan fingerprint density at radius 3 is 2.74 bits per heavy atom. The fourth-order valence-corrected chi connectivity index (χ4v) is 2.15. The summed E-state index contributed by atoms with van der Waals surface area (Å²) in [5.74, 6) is -0.415. The summed E-state index contributed by atoms with van der Waals surface area (Å²) in [6, 6.07) is 14.8. The van der Waals surface area contributed by atoms with E-state index in [1.54, 1.807) is 12.1 Å². The second-order valence-corrected chi connectivity index (χ2v) is 5.10. The Kier molecular flexibility index (Phi) is 4.05. The molecule has 6 heteroatoms. The highest BCUT2D eigenvalue weighted by Crippen LogP contribution is 2.31. The number of hydrogen-bond acceptors (Lipinski definition) is 5. The van der Waals surface area contributed by atoms with Crippen LogP contribution in [0.15, 0.2) is 48.5 Å². The quantitative estimate of drug-likeness (QED) is 0.777. The summed E-state index contributed by atoms with van der Waals surface area (Å²) >= 11 is 0. The molecule has 2 aromatic carbocycles. The smallest absolute Gasteiger partial charge is 0.414 e. The van der Waals surface area contributed by atoms with Gasteiger partial charge in [-0.3, -0.25) is 0 Å². The van der Waals surface area contributed by atoms with Gasteiger partial charge in [0, 0.05) is 11.9 Å². The molecule has 0 spiro atoms. The van der Waals surface area contributed by atoms with Crippen molar-refractivity contribution in [1.82, 2.24) is 15.5 Å². The SMILES string of the molecule is Cc1ccc2nnc(OC(=O)NCc3ccccc3)c(O)c2c1. The van der Waals surface area contributed by atoms with E-state index in [9.17, 15) is 9.90 Å². The number of carbonyl (C=O) groups excluding carboxylic acids is 1. The molecule has 0 aliphatic carbocycles. The molecular weight excluding hydrogens is 294 g/mol. The lowest BCUT2D eigenvalue weighted by atomic mass is 10.1. The zero-order valence-electron chi connectivity index (χ0n) is 12.5. The van der Waals surface area contributed by atoms with Gasteiger partial charge in [-0.15, -0.1) is 10.2 Å². The van der Waals surface area contributed by atoms with Crippen LogP contribution in [0.5, 0.6) is 11.6 Å². The van der Waals surface area contributed by atoms with Gasteiger partial charge >= 0.3 is 6.09 Å². The molecule has 0 aliphatic heterocycles. The van der Waals surface area contributed by atoms with Crippen LogP contribution in [0.25, 0.3) is 10.9 Å². The molecule has 0 saturated carbocycles. The van der Waals surface area contributed by atoms with Crippen LogP contribution in [0.3, 0.4) is 0 Å². The van der Waals surface area contributed by atoms with Crippen LogP contribution >= 0.6 is 0 Å². The van der Waals surface area contributed by atoms with Crippen LogP contribution in [0.4, 0.5) is 4.79 Å². The van der Waals surface area contributed by atoms with Gasteiger partial charge in [0.05, 0.1) is 5.52 Å². The first-order valence-electron chi connectivity index (χ1n) is 7.09. The largest absolute Gasteiger partial charge is 0.503 e. The standard InChI is InChI=1S/C17H15N3O3/c1-11-7-8-14-13(9-11)15(21)16(20-19-14)23-17(22)18-10-12-5-3-2-4-6-12/h2-9H,10H2,1H3,(H,18,22)(H,19,21). The molecule has 6 nitrogen and oxygen atoms in total. The third-order valence-electron chi connectivity index (χ3n) is 3.33. The first-order valence-corrected chi connectivity index (χ1v) is 7.09. The summed E-state index contributed by atoms with van der Waals surface area (Å²) in [7, 11) is 0. The molecule has 0 atom stereocenters. The number of hydrogen-bond donors (Lipinski definition) is 2. The Morgan fingerprint density at radius 2 is 1.96 bits per heavy atom. The monoisotopic (exact) mass is 309 g/mol. The average molecular weight is 309 g/mol. The third-order valence-corrected chi connectivity index (χ3v) is 3.33. The van der Waals surface area contributed by atoms with Crippen LogP contribution in [0.1, 0.15) is 11.1 Å². The number of aromatic nitrogens is 2. The summed E-state index contributed by atoms with van der Waals surface area (Å²) in [5, 5.41) is 21.0. The topological polar surface area (TPSA) is 84.3 Å². The van der Waals surface area contributed by atoms with Gasteiger partial charge in [0.1, 0.15) is 0 Å². The predicted octanol–water partition coefficient (Wildman–Crippen LogP) is 2.93. The van der Waals surface area contributed by atoms with Gasteiger partial charge in [-0.2, -0.15) is 0 Å². The summed E-state index contributed by atoms with van der Waals surface area (Å²) < 4.78 is 5.04. The van der Waals surface area contributed by atoms with E-state index in [-0.39, 0.29) is 11.6 Å². The molecule has 0 fully saturated rings. The first kappa shape index (κ1) is 14.8. The molecule has 3 aromatic rings. The highest BCUT2D eigenvalue weighted by Gasteiger charge is 2.14. The minimum absolute atomic E-state index is 0.200. The lowest BCUT2D eigenvalue weighted by molar-refractivity contribution is 0.195. The number of carbonyl (C=O) groups is 1. The summed E-state index contributed by atoms with van der Waals surface area (Å²) in [5.41, 5.74) is 2.43. The maximum absolute atomic E-state index is 11.8. The van der Waals surface area contributed by atoms with Gasteiger partial charge in [-0.25, -0.2) is 4.79 Å². The Morgan fingerprint density at radius 1 is 1.17 bits per heavy atom. The number of nitrogens with zero attached hydrogens (tertiary/aromatic N) is 2. The molecule has 116 valence electrons. The molecule has 0 aliphatic rings. The molecule has 1 aromatic heterocycles. The van der Waals surface area contributed by atoms with Gasteiger partial charge in [0.25, 0.3) is 5.88 Å². The zero-order chi connectivity index (χ0) is 16.2. The number of aromatic hydroxyl groups is 1. The van der Waals surface area contributed by atoms with Gasteiger partial charge in [-0.05, 0) is 24.6 Å². The number of fused-ring (bicyclic) bond motifs is 1. The van der Waals surface area contributed by atoms with Gasteiger partial charge in [-0.1, -0.05) is 42.0 Å². The molecule has 0 unspecified atom stereocenters. The van der Waals surface area contributed by atoms with E-state index in [1.807, 2.05) is 43.3 Å². The van der Waals surface area contributed by atoms with E-state index in [0.717, 1.165) is 11.1 Å². The molecular formula is C17H15N3O3. The van der Waals surface area contributed by atoms with Crippen LogP contribution < -0.4 is 10.1 Å². The lowest BCUT2D eigenvalue weighted by Gasteiger charge is -2.08. The lowest BCUT2D eigenvalue weighted by Crippen LogP contribution is -2.26. The molecule has 23 heavy (non-hydrogen) atoms. The van der Waals surface area contributed by atoms with E-state index >= 15 is 0 Å². The van der Waals surface area contributed by atoms with Crippen LogP contribution in [0.2, 0.25) is 0 Å². The molecule has 2 N–H and O–H groups in total. The van der Waals surface area contributed by atoms with Crippen LogP contribution in [-0.4, -0.2) is 21.4 Å². The van der Waals surface area contributed by atoms with Gasteiger partial charge in [0.15, 0.2) is 5.75 Å². The maximum atomic E-state index is 11.8. The fourth-order valence-electron chi connectivity index (χ4n) is 2.15. The molecule has 0 bridgehead atoms. The van der Waals surface area contributed by atoms with Crippen molar-refractivity contribution in [2.75, 3.05) is 0 Å². The summed E-state index contributed by atoms with van der Waals surface area (Å²) in [6.45, 7) is 2.22. The number of benzene rings is 2.